The fourth-order valence-corrected chi connectivity index (χ4v) is 7.15. The van der Waals surface area contributed by atoms with Crippen molar-refractivity contribution in [1.82, 2.24) is 19.7 Å². The molecule has 0 bridgehead atoms. The first kappa shape index (κ1) is 35.8. The van der Waals surface area contributed by atoms with E-state index in [1.54, 1.807) is 4.90 Å². The van der Waals surface area contributed by atoms with Gasteiger partial charge in [-0.05, 0) is 68.4 Å². The lowest BCUT2D eigenvalue weighted by Gasteiger charge is -2.37. The van der Waals surface area contributed by atoms with Crippen LogP contribution >= 0.6 is 0 Å². The van der Waals surface area contributed by atoms with Crippen molar-refractivity contribution in [3.63, 3.8) is 0 Å². The van der Waals surface area contributed by atoms with Crippen LogP contribution in [0.2, 0.25) is 0 Å². The molecule has 3 aromatic carbocycles. The third-order valence-corrected chi connectivity index (χ3v) is 9.83. The normalized spacial score (nSPS) is 21.9. The Balaban J connectivity index is 0.918. The van der Waals surface area contributed by atoms with Crippen molar-refractivity contribution in [2.24, 2.45) is 5.73 Å². The number of anilines is 3. The van der Waals surface area contributed by atoms with E-state index in [2.05, 4.69) is 19.9 Å². The fraction of sp³-hybridized carbons (Fsp3) is 0.378. The van der Waals surface area contributed by atoms with Crippen LogP contribution in [0.1, 0.15) is 19.4 Å². The van der Waals surface area contributed by atoms with Crippen molar-refractivity contribution in [2.75, 3.05) is 60.6 Å². The van der Waals surface area contributed by atoms with E-state index in [4.69, 9.17) is 25.4 Å². The van der Waals surface area contributed by atoms with Crippen molar-refractivity contribution in [3.05, 3.63) is 96.6 Å². The maximum Gasteiger partial charge on any atom is 0.325 e. The molecule has 2 amide bonds. The van der Waals surface area contributed by atoms with Gasteiger partial charge in [0, 0.05) is 60.9 Å². The first-order chi connectivity index (χ1) is 25.5. The number of amidine groups is 1. The lowest BCUT2D eigenvalue weighted by Crippen LogP contribution is -2.47. The molecular weight excluding hydrogens is 688 g/mol. The number of Topliss-reactive ketones (excluding diaryl/α,β-unsaturated/α-hetero) is 1. The quantitative estimate of drug-likeness (QED) is 0.163. The smallest absolute Gasteiger partial charge is 0.325 e. The summed E-state index contributed by atoms with van der Waals surface area (Å²) in [6.07, 6.45) is 2.06. The Morgan fingerprint density at radius 1 is 1.00 bits per heavy atom. The third-order valence-electron chi connectivity index (χ3n) is 9.83. The average molecular weight is 730 g/mol. The molecule has 3 aliphatic rings. The number of carbonyl (C=O) groups is 2. The first-order valence-corrected chi connectivity index (χ1v) is 17.4. The highest BCUT2D eigenvalue weighted by Crippen LogP contribution is 2.37. The van der Waals surface area contributed by atoms with Gasteiger partial charge >= 0.3 is 6.03 Å². The first-order valence-electron chi connectivity index (χ1n) is 17.4. The fourth-order valence-electron chi connectivity index (χ4n) is 7.15. The van der Waals surface area contributed by atoms with E-state index in [0.717, 1.165) is 43.6 Å². The number of hydrogen-bond donors (Lipinski definition) is 2. The van der Waals surface area contributed by atoms with Crippen molar-refractivity contribution in [1.29, 1.82) is 5.41 Å². The van der Waals surface area contributed by atoms with Crippen LogP contribution in [0.15, 0.2) is 79.4 Å². The number of aromatic nitrogens is 3. The molecule has 3 atom stereocenters. The summed E-state index contributed by atoms with van der Waals surface area (Å²) in [6.45, 7) is 7.17. The molecule has 0 saturated carbocycles. The van der Waals surface area contributed by atoms with Crippen molar-refractivity contribution >= 4 is 34.7 Å². The van der Waals surface area contributed by atoms with Gasteiger partial charge in [0.2, 0.25) is 5.78 Å². The van der Waals surface area contributed by atoms with Gasteiger partial charge in [0.25, 0.3) is 0 Å². The number of carbonyl (C=O) groups excluding carboxylic acids is 2. The summed E-state index contributed by atoms with van der Waals surface area (Å²) in [5.74, 6) is -1.91. The maximum absolute atomic E-state index is 14.9. The number of amides is 2. The number of urea groups is 1. The molecule has 3 fully saturated rings. The average Bonchev–Trinajstić information content (AvgIpc) is 3.90. The second-order valence-corrected chi connectivity index (χ2v) is 13.6. The molecule has 1 aromatic heterocycles. The highest BCUT2D eigenvalue weighted by Gasteiger charge is 2.46. The second kappa shape index (κ2) is 14.8. The van der Waals surface area contributed by atoms with E-state index in [-0.39, 0.29) is 43.9 Å². The molecule has 0 radical (unpaired) electrons. The zero-order valence-electron chi connectivity index (χ0n) is 29.4. The zero-order valence-corrected chi connectivity index (χ0v) is 29.4. The molecule has 4 heterocycles. The molecule has 14 nitrogen and oxygen atoms in total. The molecule has 0 aliphatic carbocycles. The van der Waals surface area contributed by atoms with Crippen LogP contribution in [0, 0.1) is 17.0 Å². The van der Waals surface area contributed by atoms with Gasteiger partial charge in [-0.2, -0.15) is 5.10 Å². The number of rotatable bonds is 12. The van der Waals surface area contributed by atoms with Crippen molar-refractivity contribution in [3.8, 4) is 5.75 Å². The molecule has 278 valence electrons. The van der Waals surface area contributed by atoms with Gasteiger partial charge in [0.05, 0.1) is 19.7 Å². The van der Waals surface area contributed by atoms with E-state index in [9.17, 15) is 18.4 Å². The summed E-state index contributed by atoms with van der Waals surface area (Å²) < 4.78 is 48.3. The topological polar surface area (TPSA) is 155 Å². The van der Waals surface area contributed by atoms with Gasteiger partial charge in [-0.15, -0.1) is 0 Å². The monoisotopic (exact) mass is 729 g/mol. The van der Waals surface area contributed by atoms with E-state index < -0.39 is 41.2 Å². The van der Waals surface area contributed by atoms with Crippen LogP contribution in [0.5, 0.6) is 5.75 Å². The zero-order chi connectivity index (χ0) is 37.3. The number of nitrogens with two attached hydrogens (primary N) is 1. The number of nitrogens with one attached hydrogen (secondary N) is 1. The summed E-state index contributed by atoms with van der Waals surface area (Å²) in [5, 5.41) is 11.7. The van der Waals surface area contributed by atoms with Gasteiger partial charge in [-0.3, -0.25) is 15.1 Å². The van der Waals surface area contributed by atoms with Crippen LogP contribution in [-0.2, 0) is 26.4 Å². The number of ether oxygens (including phenoxy) is 3. The van der Waals surface area contributed by atoms with Crippen LogP contribution in [0.25, 0.3) is 0 Å². The Bertz CT molecular complexity index is 1940. The van der Waals surface area contributed by atoms with Crippen LogP contribution in [0.4, 0.5) is 30.6 Å². The summed E-state index contributed by atoms with van der Waals surface area (Å²) in [5.41, 5.74) is 7.15. The predicted molar refractivity (Wildman–Crippen MR) is 192 cm³/mol. The summed E-state index contributed by atoms with van der Waals surface area (Å²) in [7, 11) is 0. The van der Waals surface area contributed by atoms with Crippen LogP contribution in [-0.4, -0.2) is 102 Å². The summed E-state index contributed by atoms with van der Waals surface area (Å²) >= 11 is 0. The Hall–Kier alpha value is -5.61. The molecule has 3 aliphatic heterocycles. The maximum atomic E-state index is 14.9. The van der Waals surface area contributed by atoms with Crippen molar-refractivity contribution in [2.45, 2.75) is 44.4 Å². The van der Waals surface area contributed by atoms with E-state index in [1.165, 1.54) is 34.4 Å². The molecule has 3 saturated heterocycles. The standard InChI is InChI=1S/C37H41F2N9O5/c1-24(2)48-32(34(49)35(40)41)18-47(36(48)50)28-6-4-26(5-7-28)44-13-15-45(16-14-44)27-8-10-29(11-9-27)51-19-33-52-21-37(53-33,20-46-23-42-22-43-46)30-12-3-25(38)17-31(30)39/h3-12,17,22-24,32-33H,13-16,18-21H2,1-2H3,(H3,40,41)/t32?,33-,37+/m0/s1. The van der Waals surface area contributed by atoms with E-state index in [0.29, 0.717) is 11.4 Å². The summed E-state index contributed by atoms with van der Waals surface area (Å²) in [6, 6.07) is 17.6. The van der Waals surface area contributed by atoms with Crippen LogP contribution < -0.4 is 25.2 Å². The number of halogens is 2. The van der Waals surface area contributed by atoms with Crippen LogP contribution in [0.3, 0.4) is 0 Å². The van der Waals surface area contributed by atoms with E-state index >= 15 is 0 Å². The Morgan fingerprint density at radius 2 is 1.64 bits per heavy atom. The Kier molecular flexibility index (Phi) is 9.98. The van der Waals surface area contributed by atoms with Gasteiger partial charge in [-0.25, -0.2) is 23.2 Å². The van der Waals surface area contributed by atoms with E-state index in [1.807, 2.05) is 62.4 Å². The minimum absolute atomic E-state index is 0.0124. The highest BCUT2D eigenvalue weighted by molar-refractivity contribution is 6.39. The minimum Gasteiger partial charge on any atom is -0.488 e. The molecule has 4 aromatic rings. The lowest BCUT2D eigenvalue weighted by atomic mass is 9.94. The molecule has 16 heteroatoms. The predicted octanol–water partition coefficient (Wildman–Crippen LogP) is 3.75. The molecule has 3 N–H and O–H groups in total. The molecule has 53 heavy (non-hydrogen) atoms. The number of nitrogens with zero attached hydrogens (tertiary/aromatic N) is 7. The largest absolute Gasteiger partial charge is 0.488 e. The lowest BCUT2D eigenvalue weighted by molar-refractivity contribution is -0.117. The number of benzene rings is 3. The van der Waals surface area contributed by atoms with Gasteiger partial charge < -0.3 is 34.6 Å². The van der Waals surface area contributed by atoms with Gasteiger partial charge in [0.1, 0.15) is 48.3 Å². The molecule has 1 unspecified atom stereocenters. The van der Waals surface area contributed by atoms with Crippen molar-refractivity contribution < 1.29 is 32.6 Å². The second-order valence-electron chi connectivity index (χ2n) is 13.6. The van der Waals surface area contributed by atoms with Gasteiger partial charge in [0.15, 0.2) is 12.1 Å². The Labute approximate surface area is 305 Å². The third kappa shape index (κ3) is 7.37. The highest BCUT2D eigenvalue weighted by atomic mass is 19.1. The van der Waals surface area contributed by atoms with Gasteiger partial charge in [-0.1, -0.05) is 6.07 Å². The number of ketones is 1. The SMILES string of the molecule is CC(C)N1C(=O)N(c2ccc(N3CCN(c4ccc(OC[C@H]5OC[C@](Cn6cncn6)(c6ccc(F)cc6F)O5)cc4)CC3)cc2)CC1C(=O)C(=N)N. The summed E-state index contributed by atoms with van der Waals surface area (Å²) in [4.78, 5) is 37.4. The molecule has 0 spiro atoms. The number of piperazine rings is 1. The molecule has 7 rings (SSSR count). The number of hydrogen-bond acceptors (Lipinski definition) is 10. The molecular formula is C37H41F2N9O5. The minimum atomic E-state index is -1.25. The Morgan fingerprint density at radius 3 is 2.23 bits per heavy atom.